The van der Waals surface area contributed by atoms with E-state index in [2.05, 4.69) is 91.0 Å². The van der Waals surface area contributed by atoms with Gasteiger partial charge in [0.2, 0.25) is 0 Å². The van der Waals surface area contributed by atoms with Crippen LogP contribution in [-0.2, 0) is 5.54 Å². The zero-order valence-corrected chi connectivity index (χ0v) is 15.9. The van der Waals surface area contributed by atoms with E-state index in [0.29, 0.717) is 0 Å². The lowest BCUT2D eigenvalue weighted by Gasteiger charge is -2.33. The molecule has 4 aromatic rings. The molecule has 136 valence electrons. The Balaban J connectivity index is 1.91. The second kappa shape index (κ2) is 6.84. The quantitative estimate of drug-likeness (QED) is 0.470. The first kappa shape index (κ1) is 17.2. The van der Waals surface area contributed by atoms with E-state index < -0.39 is 5.54 Å². The van der Waals surface area contributed by atoms with E-state index in [1.807, 2.05) is 12.1 Å². The van der Waals surface area contributed by atoms with Crippen molar-refractivity contribution < 1.29 is 4.74 Å². The Morgan fingerprint density at radius 1 is 0.926 bits per heavy atom. The largest absolute Gasteiger partial charge is 0.497 e. The minimum Gasteiger partial charge on any atom is -0.497 e. The third kappa shape index (κ3) is 3.17. The van der Waals surface area contributed by atoms with Crippen molar-refractivity contribution in [1.82, 2.24) is 4.98 Å². The number of aromatic amines is 1. The molecule has 27 heavy (non-hydrogen) atoms. The third-order valence-corrected chi connectivity index (χ3v) is 5.22. The molecule has 0 bridgehead atoms. The van der Waals surface area contributed by atoms with Gasteiger partial charge in [0.05, 0.1) is 12.6 Å². The second-order valence-corrected chi connectivity index (χ2v) is 7.10. The molecule has 3 aromatic carbocycles. The molecule has 3 nitrogen and oxygen atoms in total. The zero-order chi connectivity index (χ0) is 18.9. The lowest BCUT2D eigenvalue weighted by molar-refractivity contribution is 0.415. The van der Waals surface area contributed by atoms with Gasteiger partial charge in [0, 0.05) is 28.4 Å². The SMILES string of the molecule is COc1ccc2[nH]cc(C(C)(Nc3ccccc3)c3ccc(C)cc3)c2c1. The number of nitrogens with one attached hydrogen (secondary N) is 2. The molecule has 0 amide bonds. The maximum Gasteiger partial charge on any atom is 0.119 e. The molecule has 1 atom stereocenters. The molecule has 0 saturated carbocycles. The first-order valence-electron chi connectivity index (χ1n) is 9.16. The van der Waals surface area contributed by atoms with Gasteiger partial charge < -0.3 is 15.0 Å². The van der Waals surface area contributed by atoms with Gasteiger partial charge in [-0.2, -0.15) is 0 Å². The molecule has 3 heteroatoms. The minimum atomic E-state index is -0.403. The van der Waals surface area contributed by atoms with Crippen LogP contribution in [0.15, 0.2) is 79.0 Å². The summed E-state index contributed by atoms with van der Waals surface area (Å²) in [4.78, 5) is 3.42. The molecule has 1 unspecified atom stereocenters. The van der Waals surface area contributed by atoms with Gasteiger partial charge in [0.15, 0.2) is 0 Å². The summed E-state index contributed by atoms with van der Waals surface area (Å²) in [5, 5.41) is 4.92. The normalized spacial score (nSPS) is 13.3. The molecule has 0 aliphatic heterocycles. The van der Waals surface area contributed by atoms with E-state index in [0.717, 1.165) is 22.3 Å². The monoisotopic (exact) mass is 356 g/mol. The Morgan fingerprint density at radius 3 is 2.37 bits per heavy atom. The molecule has 0 aliphatic rings. The summed E-state index contributed by atoms with van der Waals surface area (Å²) in [6.45, 7) is 4.34. The summed E-state index contributed by atoms with van der Waals surface area (Å²) >= 11 is 0. The van der Waals surface area contributed by atoms with Gasteiger partial charge in [-0.1, -0.05) is 48.0 Å². The standard InChI is InChI=1S/C24H24N2O/c1-17-9-11-18(12-10-17)24(2,26-19-7-5-4-6-8-19)22-16-25-23-14-13-20(27-3)15-21(22)23/h4-16,25-26H,1-3H3. The lowest BCUT2D eigenvalue weighted by Crippen LogP contribution is -2.33. The van der Waals surface area contributed by atoms with Crippen molar-refractivity contribution in [2.75, 3.05) is 12.4 Å². The van der Waals surface area contributed by atoms with Crippen molar-refractivity contribution in [1.29, 1.82) is 0 Å². The predicted octanol–water partition coefficient (Wildman–Crippen LogP) is 5.86. The Morgan fingerprint density at radius 2 is 1.67 bits per heavy atom. The average Bonchev–Trinajstić information content (AvgIpc) is 3.13. The molecule has 1 heterocycles. The van der Waals surface area contributed by atoms with Gasteiger partial charge in [-0.15, -0.1) is 0 Å². The number of methoxy groups -OCH3 is 1. The summed E-state index contributed by atoms with van der Waals surface area (Å²) in [6.07, 6.45) is 2.10. The molecule has 0 aliphatic carbocycles. The van der Waals surface area contributed by atoms with Gasteiger partial charge in [0.1, 0.15) is 5.75 Å². The molecule has 1 aromatic heterocycles. The molecule has 4 rings (SSSR count). The molecular weight excluding hydrogens is 332 g/mol. The van der Waals surface area contributed by atoms with Crippen LogP contribution in [0, 0.1) is 6.92 Å². The van der Waals surface area contributed by atoms with E-state index >= 15 is 0 Å². The van der Waals surface area contributed by atoms with Gasteiger partial charge in [-0.05, 0) is 49.7 Å². The number of hydrogen-bond acceptors (Lipinski definition) is 2. The fourth-order valence-corrected chi connectivity index (χ4v) is 3.63. The number of anilines is 1. The van der Waals surface area contributed by atoms with Crippen LogP contribution < -0.4 is 10.1 Å². The fraction of sp³-hybridized carbons (Fsp3) is 0.167. The van der Waals surface area contributed by atoms with Crippen LogP contribution in [0.25, 0.3) is 10.9 Å². The van der Waals surface area contributed by atoms with Crippen LogP contribution in [0.5, 0.6) is 5.75 Å². The number of rotatable bonds is 5. The van der Waals surface area contributed by atoms with Gasteiger partial charge >= 0.3 is 0 Å². The predicted molar refractivity (Wildman–Crippen MR) is 113 cm³/mol. The molecular formula is C24H24N2O. The number of H-pyrrole nitrogens is 1. The highest BCUT2D eigenvalue weighted by molar-refractivity contribution is 5.87. The highest BCUT2D eigenvalue weighted by atomic mass is 16.5. The van der Waals surface area contributed by atoms with E-state index in [1.165, 1.54) is 16.7 Å². The van der Waals surface area contributed by atoms with Crippen LogP contribution in [0.2, 0.25) is 0 Å². The fourth-order valence-electron chi connectivity index (χ4n) is 3.63. The molecule has 0 saturated heterocycles. The summed E-state index contributed by atoms with van der Waals surface area (Å²) in [5.41, 5.74) is 5.42. The first-order chi connectivity index (χ1) is 13.1. The Labute approximate surface area is 160 Å². The smallest absolute Gasteiger partial charge is 0.119 e. The molecule has 0 radical (unpaired) electrons. The summed E-state index contributed by atoms with van der Waals surface area (Å²) in [5.74, 6) is 0.856. The summed E-state index contributed by atoms with van der Waals surface area (Å²) in [7, 11) is 1.70. The minimum absolute atomic E-state index is 0.403. The van der Waals surface area contributed by atoms with Crippen LogP contribution in [0.1, 0.15) is 23.6 Å². The lowest BCUT2D eigenvalue weighted by atomic mass is 9.83. The molecule has 2 N–H and O–H groups in total. The summed E-state index contributed by atoms with van der Waals surface area (Å²) < 4.78 is 5.46. The summed E-state index contributed by atoms with van der Waals surface area (Å²) in [6, 6.07) is 25.2. The highest BCUT2D eigenvalue weighted by Gasteiger charge is 2.31. The van der Waals surface area contributed by atoms with Crippen molar-refractivity contribution in [2.24, 2.45) is 0 Å². The van der Waals surface area contributed by atoms with Crippen molar-refractivity contribution in [3.63, 3.8) is 0 Å². The Bertz CT molecular complexity index is 1050. The van der Waals surface area contributed by atoms with Crippen LogP contribution in [0.4, 0.5) is 5.69 Å². The number of benzene rings is 3. The maximum atomic E-state index is 5.46. The van der Waals surface area contributed by atoms with E-state index in [4.69, 9.17) is 4.74 Å². The van der Waals surface area contributed by atoms with Gasteiger partial charge in [-0.3, -0.25) is 0 Å². The van der Waals surface area contributed by atoms with Crippen molar-refractivity contribution in [3.8, 4) is 5.75 Å². The van der Waals surface area contributed by atoms with Gasteiger partial charge in [0.25, 0.3) is 0 Å². The van der Waals surface area contributed by atoms with Crippen LogP contribution >= 0.6 is 0 Å². The van der Waals surface area contributed by atoms with Gasteiger partial charge in [-0.25, -0.2) is 0 Å². The topological polar surface area (TPSA) is 37.0 Å². The zero-order valence-electron chi connectivity index (χ0n) is 15.9. The number of ether oxygens (including phenoxy) is 1. The Hall–Kier alpha value is -3.20. The molecule has 0 fully saturated rings. The second-order valence-electron chi connectivity index (χ2n) is 7.10. The van der Waals surface area contributed by atoms with E-state index in [1.54, 1.807) is 7.11 Å². The van der Waals surface area contributed by atoms with Crippen LogP contribution in [-0.4, -0.2) is 12.1 Å². The average molecular weight is 356 g/mol. The van der Waals surface area contributed by atoms with Crippen molar-refractivity contribution >= 4 is 16.6 Å². The first-order valence-corrected chi connectivity index (χ1v) is 9.16. The van der Waals surface area contributed by atoms with E-state index in [9.17, 15) is 0 Å². The number of hydrogen-bond donors (Lipinski definition) is 2. The van der Waals surface area contributed by atoms with Crippen LogP contribution in [0.3, 0.4) is 0 Å². The van der Waals surface area contributed by atoms with Crippen molar-refractivity contribution in [2.45, 2.75) is 19.4 Å². The maximum absolute atomic E-state index is 5.46. The van der Waals surface area contributed by atoms with E-state index in [-0.39, 0.29) is 0 Å². The third-order valence-electron chi connectivity index (χ3n) is 5.22. The molecule has 0 spiro atoms. The highest BCUT2D eigenvalue weighted by Crippen LogP contribution is 2.38. The number of para-hydroxylation sites is 1. The number of aromatic nitrogens is 1. The van der Waals surface area contributed by atoms with Crippen molar-refractivity contribution in [3.05, 3.63) is 95.7 Å². The number of fused-ring (bicyclic) bond motifs is 1. The number of aryl methyl sites for hydroxylation is 1. The Kier molecular flexibility index (Phi) is 4.36.